The first-order valence-corrected chi connectivity index (χ1v) is 8.08. The van der Waals surface area contributed by atoms with Crippen LogP contribution >= 0.6 is 0 Å². The highest BCUT2D eigenvalue weighted by atomic mass is 32.2. The zero-order valence-electron chi connectivity index (χ0n) is 11.9. The van der Waals surface area contributed by atoms with Crippen LogP contribution in [0.3, 0.4) is 0 Å². The summed E-state index contributed by atoms with van der Waals surface area (Å²) in [5.74, 6) is -2.17. The number of rotatable bonds is 2. The third kappa shape index (κ3) is 3.00. The van der Waals surface area contributed by atoms with E-state index in [0.29, 0.717) is 6.07 Å². The van der Waals surface area contributed by atoms with Gasteiger partial charge < -0.3 is 10.6 Å². The van der Waals surface area contributed by atoms with Gasteiger partial charge in [0.1, 0.15) is 16.5 Å². The first kappa shape index (κ1) is 15.3. The van der Waals surface area contributed by atoms with Gasteiger partial charge in [-0.3, -0.25) is 4.98 Å². The number of sulfonamides is 1. The number of halogens is 2. The van der Waals surface area contributed by atoms with E-state index in [-0.39, 0.29) is 17.7 Å². The van der Waals surface area contributed by atoms with Crippen molar-refractivity contribution in [1.82, 2.24) is 10.3 Å². The van der Waals surface area contributed by atoms with Crippen LogP contribution in [0.1, 0.15) is 18.5 Å². The average Bonchev–Trinajstić information content (AvgIpc) is 2.45. The second-order valence-corrected chi connectivity index (χ2v) is 6.49. The quantitative estimate of drug-likeness (QED) is 0.877. The van der Waals surface area contributed by atoms with E-state index in [1.54, 1.807) is 31.5 Å². The highest BCUT2D eigenvalue weighted by molar-refractivity contribution is 7.90. The van der Waals surface area contributed by atoms with Gasteiger partial charge in [0.15, 0.2) is 0 Å². The summed E-state index contributed by atoms with van der Waals surface area (Å²) in [6.07, 6.45) is 3.20. The molecule has 0 fully saturated rings. The van der Waals surface area contributed by atoms with Crippen LogP contribution in [0.2, 0.25) is 0 Å². The highest BCUT2D eigenvalue weighted by Gasteiger charge is 2.30. The van der Waals surface area contributed by atoms with E-state index in [1.807, 2.05) is 0 Å². The fourth-order valence-electron chi connectivity index (χ4n) is 2.23. The van der Waals surface area contributed by atoms with E-state index in [1.165, 1.54) is 0 Å². The lowest BCUT2D eigenvalue weighted by atomic mass is 10.1. The van der Waals surface area contributed by atoms with E-state index < -0.39 is 26.6 Å². The highest BCUT2D eigenvalue weighted by Crippen LogP contribution is 2.30. The summed E-state index contributed by atoms with van der Waals surface area (Å²) >= 11 is 0. The third-order valence-corrected chi connectivity index (χ3v) is 4.64. The maximum absolute atomic E-state index is 13.7. The minimum atomic E-state index is -4.26. The molecular weight excluding hydrogens is 326 g/mol. The molecule has 2 N–H and O–H groups in total. The molecule has 1 aromatic carbocycles. The van der Waals surface area contributed by atoms with Crippen molar-refractivity contribution < 1.29 is 17.2 Å². The lowest BCUT2D eigenvalue weighted by Crippen LogP contribution is -2.36. The first-order chi connectivity index (χ1) is 10.9. The summed E-state index contributed by atoms with van der Waals surface area (Å²) < 4.78 is 54.7. The summed E-state index contributed by atoms with van der Waals surface area (Å²) in [5, 5.41) is 5.46. The Morgan fingerprint density at radius 1 is 1.22 bits per heavy atom. The smallest absolute Gasteiger partial charge is 0.290 e. The van der Waals surface area contributed by atoms with Crippen LogP contribution in [0.15, 0.2) is 46.0 Å². The number of aromatic nitrogens is 1. The Morgan fingerprint density at radius 3 is 2.61 bits per heavy atom. The minimum absolute atomic E-state index is 0.105. The summed E-state index contributed by atoms with van der Waals surface area (Å²) in [5.41, 5.74) is 0.653. The number of nitrogens with one attached hydrogen (secondary N) is 2. The monoisotopic (exact) mass is 338 g/mol. The number of fused-ring (bicyclic) bond motifs is 1. The number of hydrogen-bond donors (Lipinski definition) is 2. The molecule has 0 aliphatic carbocycles. The molecule has 1 aliphatic heterocycles. The molecule has 6 nitrogen and oxygen atoms in total. The molecular formula is C14H12F2N4O2S. The van der Waals surface area contributed by atoms with Gasteiger partial charge in [-0.15, -0.1) is 4.40 Å². The SMILES string of the molecule is CC(NC1=NS(=O)(=O)c2c(F)cc(F)cc2N1)c1ccncc1. The van der Waals surface area contributed by atoms with Crippen LogP contribution in [0, 0.1) is 11.6 Å². The van der Waals surface area contributed by atoms with E-state index in [0.717, 1.165) is 11.6 Å². The molecule has 1 aromatic heterocycles. The number of benzene rings is 1. The molecule has 2 heterocycles. The molecule has 23 heavy (non-hydrogen) atoms. The Morgan fingerprint density at radius 2 is 1.91 bits per heavy atom. The maximum atomic E-state index is 13.7. The molecule has 3 rings (SSSR count). The Labute approximate surface area is 131 Å². The maximum Gasteiger partial charge on any atom is 0.290 e. The Bertz CT molecular complexity index is 885. The van der Waals surface area contributed by atoms with Crippen LogP contribution in [0.5, 0.6) is 0 Å². The van der Waals surface area contributed by atoms with E-state index in [4.69, 9.17) is 0 Å². The lowest BCUT2D eigenvalue weighted by Gasteiger charge is -2.22. The van der Waals surface area contributed by atoms with Gasteiger partial charge >= 0.3 is 0 Å². The molecule has 0 saturated carbocycles. The van der Waals surface area contributed by atoms with Gasteiger partial charge in [-0.2, -0.15) is 8.42 Å². The molecule has 1 aliphatic rings. The average molecular weight is 338 g/mol. The van der Waals surface area contributed by atoms with Crippen LogP contribution in [0.25, 0.3) is 0 Å². The van der Waals surface area contributed by atoms with Gasteiger partial charge in [-0.1, -0.05) is 0 Å². The molecule has 0 bridgehead atoms. The number of guanidine groups is 1. The fourth-order valence-corrected chi connectivity index (χ4v) is 3.36. The molecule has 1 atom stereocenters. The number of anilines is 1. The molecule has 9 heteroatoms. The van der Waals surface area contributed by atoms with Gasteiger partial charge in [0.25, 0.3) is 10.0 Å². The second-order valence-electron chi connectivity index (χ2n) is 4.95. The van der Waals surface area contributed by atoms with E-state index >= 15 is 0 Å². The molecule has 120 valence electrons. The number of hydrogen-bond acceptors (Lipinski definition) is 5. The summed E-state index contributed by atoms with van der Waals surface area (Å²) in [4.78, 5) is 3.23. The van der Waals surface area contributed by atoms with E-state index in [9.17, 15) is 17.2 Å². The Balaban J connectivity index is 1.93. The van der Waals surface area contributed by atoms with Crippen molar-refractivity contribution in [2.24, 2.45) is 4.40 Å². The molecule has 0 saturated heterocycles. The van der Waals surface area contributed by atoms with Gasteiger partial charge in [0.2, 0.25) is 5.96 Å². The van der Waals surface area contributed by atoms with Gasteiger partial charge in [-0.05, 0) is 30.7 Å². The molecule has 0 radical (unpaired) electrons. The van der Waals surface area contributed by atoms with Gasteiger partial charge in [-0.25, -0.2) is 8.78 Å². The molecule has 2 aromatic rings. The largest absolute Gasteiger partial charge is 0.349 e. The predicted octanol–water partition coefficient (Wildman–Crippen LogP) is 2.18. The van der Waals surface area contributed by atoms with Gasteiger partial charge in [0, 0.05) is 18.5 Å². The minimum Gasteiger partial charge on any atom is -0.349 e. The van der Waals surface area contributed by atoms with Crippen molar-refractivity contribution in [2.45, 2.75) is 17.9 Å². The summed E-state index contributed by atoms with van der Waals surface area (Å²) in [7, 11) is -4.26. The topological polar surface area (TPSA) is 83.5 Å². The fraction of sp³-hybridized carbons (Fsp3) is 0.143. The molecule has 1 unspecified atom stereocenters. The van der Waals surface area contributed by atoms with Crippen LogP contribution < -0.4 is 10.6 Å². The summed E-state index contributed by atoms with van der Waals surface area (Å²) in [6, 6.07) is 4.63. The zero-order valence-corrected chi connectivity index (χ0v) is 12.7. The number of nitrogens with zero attached hydrogens (tertiary/aromatic N) is 2. The zero-order chi connectivity index (χ0) is 16.6. The van der Waals surface area contributed by atoms with Gasteiger partial charge in [0.05, 0.1) is 11.7 Å². The van der Waals surface area contributed by atoms with Crippen molar-refractivity contribution in [2.75, 3.05) is 5.32 Å². The van der Waals surface area contributed by atoms with Crippen molar-refractivity contribution in [3.63, 3.8) is 0 Å². The standard InChI is InChI=1S/C14H12F2N4O2S/c1-8(9-2-4-17-5-3-9)18-14-19-12-7-10(15)6-11(16)13(12)23(21,22)20-14/h2-8H,1H3,(H2,18,19,20). The van der Waals surface area contributed by atoms with E-state index in [2.05, 4.69) is 20.0 Å². The molecule has 0 spiro atoms. The van der Waals surface area contributed by atoms with Crippen LogP contribution in [0.4, 0.5) is 14.5 Å². The molecule has 0 amide bonds. The number of pyridine rings is 1. The van der Waals surface area contributed by atoms with Crippen LogP contribution in [-0.2, 0) is 10.0 Å². The second kappa shape index (κ2) is 5.58. The Kier molecular flexibility index (Phi) is 3.72. The van der Waals surface area contributed by atoms with Crippen molar-refractivity contribution in [1.29, 1.82) is 0 Å². The van der Waals surface area contributed by atoms with Crippen molar-refractivity contribution >= 4 is 21.7 Å². The van der Waals surface area contributed by atoms with Crippen molar-refractivity contribution in [3.8, 4) is 0 Å². The van der Waals surface area contributed by atoms with Crippen LogP contribution in [-0.4, -0.2) is 19.4 Å². The normalized spacial score (nSPS) is 16.7. The Hall–Kier alpha value is -2.55. The predicted molar refractivity (Wildman–Crippen MR) is 80.4 cm³/mol. The summed E-state index contributed by atoms with van der Waals surface area (Å²) in [6.45, 7) is 1.79. The first-order valence-electron chi connectivity index (χ1n) is 6.64. The van der Waals surface area contributed by atoms with Crippen molar-refractivity contribution in [3.05, 3.63) is 53.9 Å². The third-order valence-electron chi connectivity index (χ3n) is 3.29. The lowest BCUT2D eigenvalue weighted by molar-refractivity contribution is 0.550.